The largest absolute Gasteiger partial charge is 0.383 e. The number of hydrogen-bond acceptors (Lipinski definition) is 6. The minimum absolute atomic E-state index is 0.589. The smallest absolute Gasteiger partial charge is 0.134 e. The maximum absolute atomic E-state index is 5.16. The predicted molar refractivity (Wildman–Crippen MR) is 140 cm³/mol. The summed E-state index contributed by atoms with van der Waals surface area (Å²) >= 11 is 0. The monoisotopic (exact) mass is 494 g/mol. The molecule has 4 aromatic heterocycles. The van der Waals surface area contributed by atoms with Gasteiger partial charge in [-0.05, 0) is 35.6 Å². The van der Waals surface area contributed by atoms with E-state index in [9.17, 15) is 0 Å². The zero-order valence-corrected chi connectivity index (χ0v) is 21.4. The van der Waals surface area contributed by atoms with Crippen molar-refractivity contribution in [3.05, 3.63) is 89.2 Å². The fourth-order valence-corrected chi connectivity index (χ4v) is 5.05. The molecule has 0 saturated heterocycles. The van der Waals surface area contributed by atoms with Gasteiger partial charge in [-0.25, -0.2) is 9.97 Å². The van der Waals surface area contributed by atoms with Crippen molar-refractivity contribution in [1.29, 1.82) is 0 Å². The number of nitrogens with zero attached hydrogens (tertiary/aromatic N) is 8. The molecule has 0 spiro atoms. The number of aryl methyl sites for hydroxylation is 4. The molecule has 0 fully saturated rings. The van der Waals surface area contributed by atoms with E-state index in [1.165, 1.54) is 16.8 Å². The van der Waals surface area contributed by atoms with Crippen molar-refractivity contribution in [2.24, 2.45) is 14.1 Å². The number of ether oxygens (including phenoxy) is 1. The molecule has 188 valence electrons. The van der Waals surface area contributed by atoms with Crippen LogP contribution in [-0.4, -0.2) is 53.0 Å². The molecule has 0 bridgehead atoms. The van der Waals surface area contributed by atoms with E-state index >= 15 is 0 Å². The fraction of sp³-hybridized carbons (Fsp3) is 0.321. The minimum Gasteiger partial charge on any atom is -0.383 e. The Kier molecular flexibility index (Phi) is 6.13. The van der Waals surface area contributed by atoms with Crippen molar-refractivity contribution in [1.82, 2.24) is 39.3 Å². The highest BCUT2D eigenvalue weighted by Crippen LogP contribution is 2.35. The molecule has 0 unspecified atom stereocenters. The van der Waals surface area contributed by atoms with Crippen molar-refractivity contribution >= 4 is 0 Å². The zero-order chi connectivity index (χ0) is 25.4. The lowest BCUT2D eigenvalue weighted by atomic mass is 9.91. The molecule has 4 heterocycles. The molecule has 0 N–H and O–H groups in total. The van der Waals surface area contributed by atoms with Gasteiger partial charge in [0.2, 0.25) is 0 Å². The van der Waals surface area contributed by atoms with E-state index in [-0.39, 0.29) is 0 Å². The standard InChI is InChI=1S/C28H30N8O/c1-34-18-22(17-30-34)20-6-4-5-19(13-20)14-25-27-24(33-35(25)2)8-7-21-16-29-26(31-28(21)27)15-23-9-10-36(32-23)11-12-37-3/h4-6,9-10,13,16-18H,7-8,11-12,14-15H2,1-3H3. The van der Waals surface area contributed by atoms with Crippen LogP contribution in [0.1, 0.15) is 34.0 Å². The Morgan fingerprint density at radius 3 is 2.76 bits per heavy atom. The molecule has 0 aliphatic heterocycles. The van der Waals surface area contributed by atoms with Crippen LogP contribution in [0.15, 0.2) is 55.1 Å². The van der Waals surface area contributed by atoms with Crippen LogP contribution in [0.25, 0.3) is 22.4 Å². The molecule has 1 aromatic carbocycles. The number of rotatable bonds is 8. The van der Waals surface area contributed by atoms with Gasteiger partial charge in [0, 0.05) is 57.3 Å². The highest BCUT2D eigenvalue weighted by molar-refractivity contribution is 5.71. The first kappa shape index (κ1) is 23.3. The second-order valence-electron chi connectivity index (χ2n) is 9.57. The summed E-state index contributed by atoms with van der Waals surface area (Å²) in [6.07, 6.45) is 11.1. The first-order valence-corrected chi connectivity index (χ1v) is 12.6. The quantitative estimate of drug-likeness (QED) is 0.329. The molecule has 9 heteroatoms. The third-order valence-electron chi connectivity index (χ3n) is 6.92. The highest BCUT2D eigenvalue weighted by atomic mass is 16.5. The fourth-order valence-electron chi connectivity index (χ4n) is 5.05. The molecule has 5 aromatic rings. The first-order valence-electron chi connectivity index (χ1n) is 12.6. The normalized spacial score (nSPS) is 12.5. The summed E-state index contributed by atoms with van der Waals surface area (Å²) in [5.41, 5.74) is 10.1. The van der Waals surface area contributed by atoms with E-state index in [4.69, 9.17) is 14.8 Å². The molecular formula is C28H30N8O. The van der Waals surface area contributed by atoms with E-state index in [0.29, 0.717) is 13.0 Å². The van der Waals surface area contributed by atoms with Crippen LogP contribution >= 0.6 is 0 Å². The van der Waals surface area contributed by atoms with Gasteiger partial charge in [-0.3, -0.25) is 14.0 Å². The van der Waals surface area contributed by atoms with E-state index < -0.39 is 0 Å². The average Bonchev–Trinajstić information content (AvgIpc) is 3.62. The third kappa shape index (κ3) is 4.70. The van der Waals surface area contributed by atoms with Gasteiger partial charge in [-0.15, -0.1) is 0 Å². The van der Waals surface area contributed by atoms with Crippen LogP contribution in [-0.2, 0) is 51.1 Å². The number of hydrogen-bond donors (Lipinski definition) is 0. The van der Waals surface area contributed by atoms with E-state index in [2.05, 4.69) is 39.4 Å². The first-order chi connectivity index (χ1) is 18.1. The molecule has 0 amide bonds. The van der Waals surface area contributed by atoms with Crippen molar-refractivity contribution in [3.63, 3.8) is 0 Å². The molecule has 0 saturated carbocycles. The molecule has 0 radical (unpaired) electrons. The van der Waals surface area contributed by atoms with Crippen molar-refractivity contribution in [3.8, 4) is 22.4 Å². The van der Waals surface area contributed by atoms with E-state index in [1.54, 1.807) is 7.11 Å². The maximum Gasteiger partial charge on any atom is 0.134 e. The molecule has 1 aliphatic rings. The highest BCUT2D eigenvalue weighted by Gasteiger charge is 2.26. The van der Waals surface area contributed by atoms with Crippen LogP contribution in [0, 0.1) is 0 Å². The van der Waals surface area contributed by atoms with Crippen LogP contribution in [0.5, 0.6) is 0 Å². The molecule has 9 nitrogen and oxygen atoms in total. The second-order valence-corrected chi connectivity index (χ2v) is 9.57. The minimum atomic E-state index is 0.589. The summed E-state index contributed by atoms with van der Waals surface area (Å²) < 4.78 is 10.9. The topological polar surface area (TPSA) is 88.5 Å². The van der Waals surface area contributed by atoms with Crippen LogP contribution in [0.2, 0.25) is 0 Å². The van der Waals surface area contributed by atoms with Gasteiger partial charge in [0.15, 0.2) is 0 Å². The van der Waals surface area contributed by atoms with Crippen LogP contribution in [0.4, 0.5) is 0 Å². The Hall–Kier alpha value is -4.11. The average molecular weight is 495 g/mol. The Morgan fingerprint density at radius 1 is 1.00 bits per heavy atom. The van der Waals surface area contributed by atoms with Crippen molar-refractivity contribution in [2.75, 3.05) is 13.7 Å². The van der Waals surface area contributed by atoms with Gasteiger partial charge < -0.3 is 4.74 Å². The number of fused-ring (bicyclic) bond motifs is 3. The molecule has 1 aliphatic carbocycles. The lowest BCUT2D eigenvalue weighted by Gasteiger charge is -2.16. The van der Waals surface area contributed by atoms with E-state index in [1.807, 2.05) is 59.0 Å². The summed E-state index contributed by atoms with van der Waals surface area (Å²) in [5.74, 6) is 0.775. The molecule has 0 atom stereocenters. The summed E-state index contributed by atoms with van der Waals surface area (Å²) in [7, 11) is 5.67. The Bertz CT molecular complexity index is 1560. The predicted octanol–water partition coefficient (Wildman–Crippen LogP) is 3.40. The number of methoxy groups -OCH3 is 1. The lowest BCUT2D eigenvalue weighted by Crippen LogP contribution is -2.10. The second kappa shape index (κ2) is 9.74. The van der Waals surface area contributed by atoms with Crippen molar-refractivity contribution < 1.29 is 4.74 Å². The van der Waals surface area contributed by atoms with Gasteiger partial charge >= 0.3 is 0 Å². The summed E-state index contributed by atoms with van der Waals surface area (Å²) in [4.78, 5) is 9.73. The number of benzene rings is 1. The zero-order valence-electron chi connectivity index (χ0n) is 21.4. The van der Waals surface area contributed by atoms with Crippen LogP contribution in [0.3, 0.4) is 0 Å². The van der Waals surface area contributed by atoms with Gasteiger partial charge in [0.05, 0.1) is 48.5 Å². The summed E-state index contributed by atoms with van der Waals surface area (Å²) in [5, 5.41) is 13.9. The summed E-state index contributed by atoms with van der Waals surface area (Å²) in [6.45, 7) is 1.36. The maximum atomic E-state index is 5.16. The lowest BCUT2D eigenvalue weighted by molar-refractivity contribution is 0.183. The molecular weight excluding hydrogens is 464 g/mol. The van der Waals surface area contributed by atoms with Crippen molar-refractivity contribution in [2.45, 2.75) is 32.2 Å². The van der Waals surface area contributed by atoms with Gasteiger partial charge in [-0.1, -0.05) is 24.3 Å². The van der Waals surface area contributed by atoms with Crippen LogP contribution < -0.4 is 0 Å². The Balaban J connectivity index is 1.31. The van der Waals surface area contributed by atoms with Gasteiger partial charge in [-0.2, -0.15) is 15.3 Å². The number of aromatic nitrogens is 8. The SMILES string of the molecule is COCCn1ccc(Cc2ncc3c(n2)-c2c(nn(C)c2Cc2cccc(-c4cnn(C)c4)c2)CC3)n1. The van der Waals surface area contributed by atoms with E-state index in [0.717, 1.165) is 65.4 Å². The van der Waals surface area contributed by atoms with Gasteiger partial charge in [0.1, 0.15) is 5.82 Å². The third-order valence-corrected chi connectivity index (χ3v) is 6.92. The van der Waals surface area contributed by atoms with Gasteiger partial charge in [0.25, 0.3) is 0 Å². The summed E-state index contributed by atoms with van der Waals surface area (Å²) in [6, 6.07) is 10.7. The molecule has 37 heavy (non-hydrogen) atoms. The Labute approximate surface area is 215 Å². The Morgan fingerprint density at radius 2 is 1.92 bits per heavy atom. The molecule has 6 rings (SSSR count).